The molecule has 2 aliphatic carbocycles. The number of rotatable bonds is 0. The third-order valence-corrected chi connectivity index (χ3v) is 6.69. The van der Waals surface area contributed by atoms with Crippen LogP contribution in [0.15, 0.2) is 0 Å². The van der Waals surface area contributed by atoms with E-state index in [4.69, 9.17) is 0 Å². The fourth-order valence-corrected chi connectivity index (χ4v) is 6.14. The van der Waals surface area contributed by atoms with E-state index in [1.807, 2.05) is 0 Å². The van der Waals surface area contributed by atoms with Crippen LogP contribution in [0.5, 0.6) is 0 Å². The van der Waals surface area contributed by atoms with Crippen LogP contribution in [0.2, 0.25) is 0 Å². The lowest BCUT2D eigenvalue weighted by molar-refractivity contribution is -0.196. The molecule has 0 aromatic rings. The zero-order valence-corrected chi connectivity index (χ0v) is 11.8. The minimum atomic E-state index is -0.237. The Kier molecular flexibility index (Phi) is 2.63. The maximum absolute atomic E-state index is 12.5. The normalized spacial score (nSPS) is 53.8. The molecule has 0 aromatic carbocycles. The highest BCUT2D eigenvalue weighted by atomic mass is 16.3. The zero-order chi connectivity index (χ0) is 13.2. The first kappa shape index (κ1) is 12.3. The molecule has 2 saturated heterocycles. The minimum Gasteiger partial charge on any atom is -0.393 e. The number of nitrogens with zero attached hydrogens (tertiary/aromatic N) is 1. The first-order valence-electron chi connectivity index (χ1n) is 8.11. The van der Waals surface area contributed by atoms with Crippen LogP contribution in [0.25, 0.3) is 0 Å². The molecule has 106 valence electrons. The molecule has 6 atom stereocenters. The Balaban J connectivity index is 1.83. The molecule has 2 aliphatic heterocycles. The van der Waals surface area contributed by atoms with Crippen LogP contribution < -0.4 is 0 Å². The molecule has 0 aromatic heterocycles. The number of piperidine rings is 2. The van der Waals surface area contributed by atoms with Crippen molar-refractivity contribution in [1.29, 1.82) is 0 Å². The number of aliphatic hydroxyl groups is 1. The van der Waals surface area contributed by atoms with Crippen molar-refractivity contribution < 1.29 is 9.90 Å². The molecule has 2 heterocycles. The van der Waals surface area contributed by atoms with Crippen molar-refractivity contribution in [3.63, 3.8) is 0 Å². The van der Waals surface area contributed by atoms with Gasteiger partial charge in [-0.25, -0.2) is 0 Å². The monoisotopic (exact) mass is 263 g/mol. The average molecular weight is 263 g/mol. The quantitative estimate of drug-likeness (QED) is 0.725. The predicted octanol–water partition coefficient (Wildman–Crippen LogP) is 1.84. The fraction of sp³-hybridized carbons (Fsp3) is 0.938. The summed E-state index contributed by atoms with van der Waals surface area (Å²) in [5.41, 5.74) is 0.173. The van der Waals surface area contributed by atoms with Gasteiger partial charge in [0.15, 0.2) is 0 Å². The van der Waals surface area contributed by atoms with E-state index in [1.165, 1.54) is 38.8 Å². The van der Waals surface area contributed by atoms with Crippen molar-refractivity contribution in [3.8, 4) is 0 Å². The SMILES string of the molecule is C[C@@H]1C[C@@]23C4CCCN2CCC[C@@H]3[C@H](C[C@H]4O)C1=O. The summed E-state index contributed by atoms with van der Waals surface area (Å²) < 4.78 is 0. The van der Waals surface area contributed by atoms with Gasteiger partial charge in [-0.15, -0.1) is 0 Å². The molecule has 4 fully saturated rings. The Labute approximate surface area is 115 Å². The highest BCUT2D eigenvalue weighted by Crippen LogP contribution is 2.59. The van der Waals surface area contributed by atoms with Crippen molar-refractivity contribution in [2.24, 2.45) is 23.7 Å². The van der Waals surface area contributed by atoms with Gasteiger partial charge in [-0.2, -0.15) is 0 Å². The van der Waals surface area contributed by atoms with Crippen LogP contribution in [0.4, 0.5) is 0 Å². The summed E-state index contributed by atoms with van der Waals surface area (Å²) >= 11 is 0. The van der Waals surface area contributed by atoms with Gasteiger partial charge in [0.25, 0.3) is 0 Å². The van der Waals surface area contributed by atoms with Crippen molar-refractivity contribution >= 4 is 5.78 Å². The fourth-order valence-electron chi connectivity index (χ4n) is 6.14. The van der Waals surface area contributed by atoms with Crippen LogP contribution >= 0.6 is 0 Å². The van der Waals surface area contributed by atoms with E-state index in [2.05, 4.69) is 11.8 Å². The second-order valence-electron chi connectivity index (χ2n) is 7.39. The van der Waals surface area contributed by atoms with Crippen molar-refractivity contribution in [2.45, 2.75) is 57.1 Å². The summed E-state index contributed by atoms with van der Waals surface area (Å²) in [4.78, 5) is 15.2. The zero-order valence-electron chi connectivity index (χ0n) is 11.8. The molecular weight excluding hydrogens is 238 g/mol. The van der Waals surface area contributed by atoms with E-state index < -0.39 is 0 Å². The number of ketones is 1. The molecule has 2 saturated carbocycles. The Morgan fingerprint density at radius 3 is 2.63 bits per heavy atom. The standard InChI is InChI=1S/C16H25NO2/c1-10-9-16-12-4-2-6-17(16)7-3-5-13(16)14(18)8-11(12)15(10)19/h10-14,18H,2-9H2,1H3/t10-,11+,12-,13?,14-,16-/m1/s1. The van der Waals surface area contributed by atoms with Crippen molar-refractivity contribution in [3.05, 3.63) is 0 Å². The number of hydrogen-bond donors (Lipinski definition) is 1. The highest BCUT2D eigenvalue weighted by Gasteiger charge is 2.64. The lowest BCUT2D eigenvalue weighted by Crippen LogP contribution is -2.73. The van der Waals surface area contributed by atoms with Crippen LogP contribution in [0.3, 0.4) is 0 Å². The van der Waals surface area contributed by atoms with Crippen LogP contribution in [0.1, 0.15) is 45.4 Å². The molecule has 4 rings (SSSR count). The molecule has 4 aliphatic rings. The van der Waals surface area contributed by atoms with E-state index in [9.17, 15) is 9.90 Å². The van der Waals surface area contributed by atoms with E-state index in [0.717, 1.165) is 12.8 Å². The van der Waals surface area contributed by atoms with Gasteiger partial charge in [0.1, 0.15) is 5.78 Å². The van der Waals surface area contributed by atoms with Gasteiger partial charge in [-0.3, -0.25) is 9.69 Å². The van der Waals surface area contributed by atoms with Gasteiger partial charge in [0.05, 0.1) is 6.10 Å². The number of Topliss-reactive ketones (excluding diaryl/α,β-unsaturated/α-hetero) is 1. The maximum atomic E-state index is 12.5. The number of carbonyl (C=O) groups excluding carboxylic acids is 1. The summed E-state index contributed by atoms with van der Waals surface area (Å²) in [6, 6.07) is 0. The summed E-state index contributed by atoms with van der Waals surface area (Å²) in [6.45, 7) is 4.50. The minimum absolute atomic E-state index is 0.149. The summed E-state index contributed by atoms with van der Waals surface area (Å²) in [7, 11) is 0. The Hall–Kier alpha value is -0.410. The van der Waals surface area contributed by atoms with Gasteiger partial charge in [0, 0.05) is 23.3 Å². The Bertz CT molecular complexity index is 408. The summed E-state index contributed by atoms with van der Waals surface area (Å²) in [6.07, 6.45) is 6.36. The summed E-state index contributed by atoms with van der Waals surface area (Å²) in [5, 5.41) is 10.6. The topological polar surface area (TPSA) is 40.5 Å². The summed E-state index contributed by atoms with van der Waals surface area (Å²) in [5.74, 6) is 1.77. The second-order valence-corrected chi connectivity index (χ2v) is 7.39. The van der Waals surface area contributed by atoms with Crippen LogP contribution in [-0.2, 0) is 4.79 Å². The average Bonchev–Trinajstić information content (AvgIpc) is 2.40. The molecule has 19 heavy (non-hydrogen) atoms. The van der Waals surface area contributed by atoms with Gasteiger partial charge < -0.3 is 5.11 Å². The van der Waals surface area contributed by atoms with Gasteiger partial charge >= 0.3 is 0 Å². The Morgan fingerprint density at radius 1 is 1.21 bits per heavy atom. The molecule has 0 amide bonds. The predicted molar refractivity (Wildman–Crippen MR) is 72.7 cm³/mol. The van der Waals surface area contributed by atoms with E-state index in [-0.39, 0.29) is 23.5 Å². The molecule has 3 heteroatoms. The van der Waals surface area contributed by atoms with Crippen molar-refractivity contribution in [2.75, 3.05) is 13.1 Å². The Morgan fingerprint density at radius 2 is 1.89 bits per heavy atom. The van der Waals surface area contributed by atoms with Gasteiger partial charge in [-0.1, -0.05) is 6.92 Å². The highest BCUT2D eigenvalue weighted by molar-refractivity contribution is 5.85. The third-order valence-electron chi connectivity index (χ3n) is 6.69. The molecule has 1 spiro atoms. The third kappa shape index (κ3) is 1.43. The first-order valence-corrected chi connectivity index (χ1v) is 8.11. The van der Waals surface area contributed by atoms with E-state index in [1.54, 1.807) is 0 Å². The molecule has 1 N–H and O–H groups in total. The number of carbonyl (C=O) groups is 1. The first-order chi connectivity index (χ1) is 9.14. The smallest absolute Gasteiger partial charge is 0.139 e. The van der Waals surface area contributed by atoms with Crippen LogP contribution in [0, 0.1) is 23.7 Å². The van der Waals surface area contributed by atoms with E-state index >= 15 is 0 Å². The van der Waals surface area contributed by atoms with E-state index in [0.29, 0.717) is 17.6 Å². The molecule has 0 radical (unpaired) electrons. The maximum Gasteiger partial charge on any atom is 0.139 e. The van der Waals surface area contributed by atoms with Crippen molar-refractivity contribution in [1.82, 2.24) is 4.90 Å². The van der Waals surface area contributed by atoms with Gasteiger partial charge in [-0.05, 0) is 57.5 Å². The van der Waals surface area contributed by atoms with Gasteiger partial charge in [0.2, 0.25) is 0 Å². The van der Waals surface area contributed by atoms with Crippen LogP contribution in [-0.4, -0.2) is 40.5 Å². The molecule has 1 unspecified atom stereocenters. The lowest BCUT2D eigenvalue weighted by Gasteiger charge is -2.67. The molecule has 3 nitrogen and oxygen atoms in total. The number of aliphatic hydroxyl groups excluding tert-OH is 1. The lowest BCUT2D eigenvalue weighted by atomic mass is 9.48. The largest absolute Gasteiger partial charge is 0.393 e. The number of hydrogen-bond acceptors (Lipinski definition) is 3. The molecular formula is C16H25NO2. The second kappa shape index (κ2) is 4.05. The molecule has 2 bridgehead atoms.